The van der Waals surface area contributed by atoms with Crippen molar-refractivity contribution >= 4 is 0 Å². The van der Waals surface area contributed by atoms with Crippen LogP contribution in [0.3, 0.4) is 0 Å². The van der Waals surface area contributed by atoms with Crippen LogP contribution in [0.5, 0.6) is 0 Å². The summed E-state index contributed by atoms with van der Waals surface area (Å²) in [6.07, 6.45) is 6.52. The average molecular weight is 209 g/mol. The van der Waals surface area contributed by atoms with Gasteiger partial charge in [-0.3, -0.25) is 5.10 Å². The van der Waals surface area contributed by atoms with Crippen molar-refractivity contribution < 1.29 is 5.11 Å². The molecule has 3 unspecified atom stereocenters. The number of aliphatic hydroxyl groups is 1. The molecule has 1 fully saturated rings. The van der Waals surface area contributed by atoms with E-state index in [1.165, 1.54) is 12.8 Å². The van der Waals surface area contributed by atoms with E-state index in [0.29, 0.717) is 0 Å². The molecule has 1 aromatic rings. The van der Waals surface area contributed by atoms with Gasteiger partial charge >= 0.3 is 0 Å². The molecule has 4 nitrogen and oxygen atoms in total. The molecule has 15 heavy (non-hydrogen) atoms. The lowest BCUT2D eigenvalue weighted by Gasteiger charge is -2.32. The van der Waals surface area contributed by atoms with Crippen molar-refractivity contribution in [3.63, 3.8) is 0 Å². The van der Waals surface area contributed by atoms with E-state index in [-0.39, 0.29) is 6.04 Å². The standard InChI is InChI=1S/C11H19N3O/c1-2-8-3-4-12-10(5-8)11(15)9-6-13-14-7-9/h6-8,10-12,15H,2-5H2,1H3,(H,13,14). The van der Waals surface area contributed by atoms with Gasteiger partial charge in [-0.25, -0.2) is 0 Å². The predicted octanol–water partition coefficient (Wildman–Crippen LogP) is 1.22. The third-order valence-electron chi connectivity index (χ3n) is 3.37. The maximum atomic E-state index is 10.1. The SMILES string of the molecule is CCC1CCNC(C(O)c2cn[nH]c2)C1. The van der Waals surface area contributed by atoms with Crippen molar-refractivity contribution in [3.05, 3.63) is 18.0 Å². The Morgan fingerprint density at radius 3 is 3.20 bits per heavy atom. The quantitative estimate of drug-likeness (QED) is 0.701. The number of rotatable bonds is 3. The summed E-state index contributed by atoms with van der Waals surface area (Å²) in [7, 11) is 0. The number of piperidine rings is 1. The van der Waals surface area contributed by atoms with Crippen LogP contribution < -0.4 is 5.32 Å². The Morgan fingerprint density at radius 1 is 1.67 bits per heavy atom. The Hall–Kier alpha value is -0.870. The summed E-state index contributed by atoms with van der Waals surface area (Å²) in [5.74, 6) is 0.748. The first kappa shape index (κ1) is 10.6. The fraction of sp³-hybridized carbons (Fsp3) is 0.727. The molecule has 2 heterocycles. The monoisotopic (exact) mass is 209 g/mol. The van der Waals surface area contributed by atoms with Crippen LogP contribution in [0, 0.1) is 5.92 Å². The second-order valence-electron chi connectivity index (χ2n) is 4.34. The molecule has 1 aliphatic rings. The van der Waals surface area contributed by atoms with Crippen LogP contribution in [0.25, 0.3) is 0 Å². The predicted molar refractivity (Wildman–Crippen MR) is 58.4 cm³/mol. The lowest BCUT2D eigenvalue weighted by molar-refractivity contribution is 0.0979. The molecule has 0 spiro atoms. The molecule has 1 aliphatic heterocycles. The molecule has 0 bridgehead atoms. The third-order valence-corrected chi connectivity index (χ3v) is 3.37. The van der Waals surface area contributed by atoms with Gasteiger partial charge in [-0.2, -0.15) is 5.10 Å². The largest absolute Gasteiger partial charge is 0.387 e. The van der Waals surface area contributed by atoms with Crippen LogP contribution in [-0.4, -0.2) is 27.9 Å². The molecule has 1 aromatic heterocycles. The van der Waals surface area contributed by atoms with Crippen LogP contribution in [-0.2, 0) is 0 Å². The highest BCUT2D eigenvalue weighted by molar-refractivity contribution is 5.10. The van der Waals surface area contributed by atoms with E-state index < -0.39 is 6.10 Å². The summed E-state index contributed by atoms with van der Waals surface area (Å²) in [6, 6.07) is 0.182. The van der Waals surface area contributed by atoms with Crippen LogP contribution in [0.1, 0.15) is 37.9 Å². The Bertz CT molecular complexity index is 286. The molecule has 4 heteroatoms. The number of nitrogens with one attached hydrogen (secondary N) is 2. The van der Waals surface area contributed by atoms with E-state index in [1.54, 1.807) is 12.4 Å². The number of aromatic amines is 1. The maximum Gasteiger partial charge on any atom is 0.0973 e. The Labute approximate surface area is 90.1 Å². The van der Waals surface area contributed by atoms with E-state index in [0.717, 1.165) is 24.4 Å². The van der Waals surface area contributed by atoms with Crippen molar-refractivity contribution in [3.8, 4) is 0 Å². The highest BCUT2D eigenvalue weighted by Gasteiger charge is 2.27. The molecule has 3 atom stereocenters. The Kier molecular flexibility index (Phi) is 3.38. The van der Waals surface area contributed by atoms with Crippen LogP contribution in [0.15, 0.2) is 12.4 Å². The van der Waals surface area contributed by atoms with Gasteiger partial charge in [0.1, 0.15) is 0 Å². The van der Waals surface area contributed by atoms with E-state index >= 15 is 0 Å². The molecule has 0 amide bonds. The molecule has 2 rings (SSSR count). The molecule has 0 aromatic carbocycles. The van der Waals surface area contributed by atoms with Gasteiger partial charge in [-0.1, -0.05) is 13.3 Å². The van der Waals surface area contributed by atoms with E-state index in [2.05, 4.69) is 22.4 Å². The van der Waals surface area contributed by atoms with Crippen LogP contribution >= 0.6 is 0 Å². The number of hydrogen-bond acceptors (Lipinski definition) is 3. The van der Waals surface area contributed by atoms with Gasteiger partial charge in [-0.15, -0.1) is 0 Å². The summed E-state index contributed by atoms with van der Waals surface area (Å²) in [4.78, 5) is 0. The number of hydrogen-bond donors (Lipinski definition) is 3. The first-order valence-corrected chi connectivity index (χ1v) is 5.71. The minimum absolute atomic E-state index is 0.182. The summed E-state index contributed by atoms with van der Waals surface area (Å²) in [6.45, 7) is 3.23. The van der Waals surface area contributed by atoms with Gasteiger partial charge < -0.3 is 10.4 Å². The first-order valence-electron chi connectivity index (χ1n) is 5.71. The molecule has 0 saturated carbocycles. The molecular formula is C11H19N3O. The number of nitrogens with zero attached hydrogens (tertiary/aromatic N) is 1. The summed E-state index contributed by atoms with van der Waals surface area (Å²) in [5.41, 5.74) is 0.879. The molecule has 3 N–H and O–H groups in total. The lowest BCUT2D eigenvalue weighted by Crippen LogP contribution is -2.41. The normalized spacial score (nSPS) is 28.9. The summed E-state index contributed by atoms with van der Waals surface area (Å²) < 4.78 is 0. The van der Waals surface area contributed by atoms with Crippen molar-refractivity contribution in [1.29, 1.82) is 0 Å². The third kappa shape index (κ3) is 2.38. The van der Waals surface area contributed by atoms with E-state index in [4.69, 9.17) is 0 Å². The topological polar surface area (TPSA) is 60.9 Å². The molecule has 0 aliphatic carbocycles. The van der Waals surface area contributed by atoms with Gasteiger partial charge in [0.25, 0.3) is 0 Å². The van der Waals surface area contributed by atoms with Gasteiger partial charge in [0.05, 0.1) is 12.3 Å². The number of aromatic nitrogens is 2. The lowest BCUT2D eigenvalue weighted by atomic mass is 9.87. The smallest absolute Gasteiger partial charge is 0.0973 e. The van der Waals surface area contributed by atoms with Gasteiger partial charge in [0, 0.05) is 17.8 Å². The Balaban J connectivity index is 1.98. The Morgan fingerprint density at radius 2 is 2.53 bits per heavy atom. The van der Waals surface area contributed by atoms with Crippen LogP contribution in [0.2, 0.25) is 0 Å². The zero-order valence-electron chi connectivity index (χ0n) is 9.11. The molecule has 0 radical (unpaired) electrons. The van der Waals surface area contributed by atoms with Crippen LogP contribution in [0.4, 0.5) is 0 Å². The first-order chi connectivity index (χ1) is 7.31. The van der Waals surface area contributed by atoms with E-state index in [9.17, 15) is 5.11 Å². The second kappa shape index (κ2) is 4.77. The van der Waals surface area contributed by atoms with Gasteiger partial charge in [-0.05, 0) is 25.3 Å². The fourth-order valence-electron chi connectivity index (χ4n) is 2.30. The maximum absolute atomic E-state index is 10.1. The van der Waals surface area contributed by atoms with Crippen molar-refractivity contribution in [2.24, 2.45) is 5.92 Å². The highest BCUT2D eigenvalue weighted by Crippen LogP contribution is 2.26. The zero-order chi connectivity index (χ0) is 10.7. The number of H-pyrrole nitrogens is 1. The summed E-state index contributed by atoms with van der Waals surface area (Å²) in [5, 5.41) is 20.1. The summed E-state index contributed by atoms with van der Waals surface area (Å²) >= 11 is 0. The second-order valence-corrected chi connectivity index (χ2v) is 4.34. The van der Waals surface area contributed by atoms with Crippen molar-refractivity contribution in [2.75, 3.05) is 6.54 Å². The van der Waals surface area contributed by atoms with Gasteiger partial charge in [0.15, 0.2) is 0 Å². The molecule has 84 valence electrons. The van der Waals surface area contributed by atoms with Crippen molar-refractivity contribution in [2.45, 2.75) is 38.3 Å². The minimum Gasteiger partial charge on any atom is -0.387 e. The van der Waals surface area contributed by atoms with Crippen molar-refractivity contribution in [1.82, 2.24) is 15.5 Å². The average Bonchev–Trinajstić information content (AvgIpc) is 2.81. The number of aliphatic hydroxyl groups excluding tert-OH is 1. The van der Waals surface area contributed by atoms with Gasteiger partial charge in [0.2, 0.25) is 0 Å². The zero-order valence-corrected chi connectivity index (χ0v) is 9.11. The fourth-order valence-corrected chi connectivity index (χ4v) is 2.30. The minimum atomic E-state index is -0.432. The molecular weight excluding hydrogens is 190 g/mol. The van der Waals surface area contributed by atoms with E-state index in [1.807, 2.05) is 0 Å². The highest BCUT2D eigenvalue weighted by atomic mass is 16.3. The molecule has 1 saturated heterocycles.